The summed E-state index contributed by atoms with van der Waals surface area (Å²) in [7, 11) is 0. The zero-order chi connectivity index (χ0) is 28.4. The minimum Gasteiger partial charge on any atom is -0.493 e. The van der Waals surface area contributed by atoms with Crippen molar-refractivity contribution >= 4 is 28.2 Å². The lowest BCUT2D eigenvalue weighted by molar-refractivity contribution is -0.274. The summed E-state index contributed by atoms with van der Waals surface area (Å²) >= 11 is 0. The molecule has 0 radical (unpaired) electrons. The summed E-state index contributed by atoms with van der Waals surface area (Å²) in [5.74, 6) is 0.745. The second-order valence-corrected chi connectivity index (χ2v) is 10.8. The molecule has 6 rings (SSSR count). The topological polar surface area (TPSA) is 83.6 Å². The van der Waals surface area contributed by atoms with Crippen LogP contribution in [0.1, 0.15) is 37.2 Å². The predicted octanol–water partition coefficient (Wildman–Crippen LogP) is 5.51. The zero-order valence-corrected chi connectivity index (χ0v) is 22.5. The molecule has 8 nitrogen and oxygen atoms in total. The van der Waals surface area contributed by atoms with Crippen LogP contribution in [0.5, 0.6) is 11.5 Å². The number of alkyl halides is 3. The first-order valence-corrected chi connectivity index (χ1v) is 14.0. The number of hydrogen-bond acceptors (Lipinski definition) is 7. The molecule has 2 unspecified atom stereocenters. The number of fused-ring (bicyclic) bond motifs is 3. The first-order valence-electron chi connectivity index (χ1n) is 14.0. The van der Waals surface area contributed by atoms with Crippen molar-refractivity contribution in [2.24, 2.45) is 5.92 Å². The fraction of sp³-hybridized carbons (Fsp3) is 0.433. The number of pyridine rings is 2. The summed E-state index contributed by atoms with van der Waals surface area (Å²) in [5.41, 5.74) is 3.07. The second kappa shape index (κ2) is 11.7. The van der Waals surface area contributed by atoms with Crippen LogP contribution in [0.2, 0.25) is 0 Å². The Morgan fingerprint density at radius 3 is 2.54 bits per heavy atom. The third kappa shape index (κ3) is 6.01. The Bertz CT molecular complexity index is 1480. The molecule has 2 aliphatic heterocycles. The van der Waals surface area contributed by atoms with Gasteiger partial charge in [0.2, 0.25) is 0 Å². The smallest absolute Gasteiger partial charge is 0.493 e. The van der Waals surface area contributed by atoms with Gasteiger partial charge in [-0.1, -0.05) is 0 Å². The number of carbonyl (C=O) groups excluding carboxylic acids is 1. The van der Waals surface area contributed by atoms with Crippen molar-refractivity contribution in [3.8, 4) is 11.5 Å². The van der Waals surface area contributed by atoms with Crippen LogP contribution in [0.3, 0.4) is 0 Å². The van der Waals surface area contributed by atoms with Crippen LogP contribution in [0, 0.1) is 5.92 Å². The van der Waals surface area contributed by atoms with E-state index in [4.69, 9.17) is 4.74 Å². The van der Waals surface area contributed by atoms with Gasteiger partial charge in [-0.25, -0.2) is 9.97 Å². The number of aromatic nitrogens is 3. The highest BCUT2D eigenvalue weighted by atomic mass is 19.4. The molecule has 3 aromatic heterocycles. The Balaban J connectivity index is 1.16. The van der Waals surface area contributed by atoms with Crippen LogP contribution in [-0.4, -0.2) is 76.4 Å². The summed E-state index contributed by atoms with van der Waals surface area (Å²) in [5, 5.41) is 2.25. The van der Waals surface area contributed by atoms with Gasteiger partial charge in [0, 0.05) is 48.7 Å². The number of aldehydes is 1. The molecule has 0 spiro atoms. The number of ether oxygens (including phenoxy) is 2. The average Bonchev–Trinajstić information content (AvgIpc) is 3.46. The van der Waals surface area contributed by atoms with E-state index in [2.05, 4.69) is 35.6 Å². The van der Waals surface area contributed by atoms with Crippen LogP contribution < -0.4 is 9.47 Å². The van der Waals surface area contributed by atoms with Gasteiger partial charge in [-0.2, -0.15) is 0 Å². The van der Waals surface area contributed by atoms with E-state index in [1.165, 1.54) is 35.2 Å². The van der Waals surface area contributed by atoms with Crippen molar-refractivity contribution in [1.82, 2.24) is 24.8 Å². The van der Waals surface area contributed by atoms with Crippen LogP contribution >= 0.6 is 0 Å². The fourth-order valence-electron chi connectivity index (χ4n) is 6.57. The number of likely N-dealkylation sites (tertiary alicyclic amines) is 2. The quantitative estimate of drug-likeness (QED) is 0.281. The summed E-state index contributed by atoms with van der Waals surface area (Å²) < 4.78 is 47.5. The molecule has 1 aromatic carbocycles. The Labute approximate surface area is 235 Å². The lowest BCUT2D eigenvalue weighted by Crippen LogP contribution is -2.58. The first kappa shape index (κ1) is 27.5. The summed E-state index contributed by atoms with van der Waals surface area (Å²) in [4.78, 5) is 28.5. The molecule has 11 heteroatoms. The van der Waals surface area contributed by atoms with E-state index < -0.39 is 6.36 Å². The van der Waals surface area contributed by atoms with E-state index in [0.29, 0.717) is 24.8 Å². The number of piperidine rings is 2. The number of H-pyrrole nitrogens is 1. The summed E-state index contributed by atoms with van der Waals surface area (Å²) in [6, 6.07) is 9.69. The normalized spacial score (nSPS) is 21.3. The minimum absolute atomic E-state index is 0.0544. The molecule has 41 heavy (non-hydrogen) atoms. The summed E-state index contributed by atoms with van der Waals surface area (Å²) in [6.45, 7) is 3.39. The van der Waals surface area contributed by atoms with E-state index in [9.17, 15) is 18.0 Å². The van der Waals surface area contributed by atoms with E-state index in [1.54, 1.807) is 6.20 Å². The van der Waals surface area contributed by atoms with Crippen molar-refractivity contribution in [1.29, 1.82) is 0 Å². The highest BCUT2D eigenvalue weighted by Gasteiger charge is 2.38. The van der Waals surface area contributed by atoms with Crippen LogP contribution in [0.25, 0.3) is 21.9 Å². The van der Waals surface area contributed by atoms with Crippen molar-refractivity contribution < 1.29 is 27.4 Å². The van der Waals surface area contributed by atoms with E-state index in [1.807, 2.05) is 18.5 Å². The van der Waals surface area contributed by atoms with E-state index in [-0.39, 0.29) is 17.8 Å². The van der Waals surface area contributed by atoms with Gasteiger partial charge in [-0.15, -0.1) is 13.2 Å². The third-order valence-corrected chi connectivity index (χ3v) is 8.31. The largest absolute Gasteiger partial charge is 0.573 e. The Morgan fingerprint density at radius 1 is 1.00 bits per heavy atom. The molecule has 1 N–H and O–H groups in total. The minimum atomic E-state index is -4.73. The van der Waals surface area contributed by atoms with Crippen molar-refractivity contribution in [2.45, 2.75) is 44.1 Å². The molecule has 0 aliphatic carbocycles. The molecular weight excluding hydrogens is 535 g/mol. The molecule has 2 saturated heterocycles. The molecule has 4 aromatic rings. The van der Waals surface area contributed by atoms with Gasteiger partial charge in [0.1, 0.15) is 17.8 Å². The van der Waals surface area contributed by atoms with Gasteiger partial charge in [-0.05, 0) is 73.6 Å². The van der Waals surface area contributed by atoms with Gasteiger partial charge in [-0.3, -0.25) is 9.80 Å². The van der Waals surface area contributed by atoms with Gasteiger partial charge in [0.25, 0.3) is 0 Å². The average molecular weight is 568 g/mol. The number of aromatic amines is 1. The number of halogens is 3. The lowest BCUT2D eigenvalue weighted by Gasteiger charge is -2.48. The third-order valence-electron chi connectivity index (χ3n) is 8.31. The van der Waals surface area contributed by atoms with E-state index in [0.717, 1.165) is 68.2 Å². The van der Waals surface area contributed by atoms with Gasteiger partial charge >= 0.3 is 6.36 Å². The molecule has 2 aliphatic rings. The molecular formula is C30H32F3N5O3. The van der Waals surface area contributed by atoms with Crippen molar-refractivity contribution in [3.63, 3.8) is 0 Å². The molecule has 2 fully saturated rings. The maximum Gasteiger partial charge on any atom is 0.573 e. The Kier molecular flexibility index (Phi) is 7.81. The molecule has 216 valence electrons. The van der Waals surface area contributed by atoms with Crippen LogP contribution in [0.15, 0.2) is 55.0 Å². The highest BCUT2D eigenvalue weighted by molar-refractivity contribution is 6.05. The van der Waals surface area contributed by atoms with Gasteiger partial charge in [0.05, 0.1) is 31.0 Å². The Morgan fingerprint density at radius 2 is 1.78 bits per heavy atom. The maximum absolute atomic E-state index is 12.5. The van der Waals surface area contributed by atoms with E-state index >= 15 is 0 Å². The predicted molar refractivity (Wildman–Crippen MR) is 148 cm³/mol. The Hall–Kier alpha value is -3.70. The fourth-order valence-corrected chi connectivity index (χ4v) is 6.57. The SMILES string of the molecule is O=CCN1CCCC(COc2ccc(OC(F)(F)F)cc2)C1N1CCC(c2cc[nH]c3cnc4nccc4c23)CC1. The zero-order valence-electron chi connectivity index (χ0n) is 22.5. The lowest BCUT2D eigenvalue weighted by atomic mass is 9.85. The highest BCUT2D eigenvalue weighted by Crippen LogP contribution is 2.38. The van der Waals surface area contributed by atoms with Crippen molar-refractivity contribution in [3.05, 3.63) is 60.6 Å². The molecule has 0 bridgehead atoms. The van der Waals surface area contributed by atoms with Crippen LogP contribution in [-0.2, 0) is 4.79 Å². The second-order valence-electron chi connectivity index (χ2n) is 10.8. The summed E-state index contributed by atoms with van der Waals surface area (Å²) in [6.07, 6.45) is 5.78. The molecule has 2 atom stereocenters. The van der Waals surface area contributed by atoms with Gasteiger partial charge < -0.3 is 19.3 Å². The number of nitrogens with one attached hydrogen (secondary N) is 1. The first-order chi connectivity index (χ1) is 19.9. The van der Waals surface area contributed by atoms with Crippen molar-refractivity contribution in [2.75, 3.05) is 32.8 Å². The number of nitrogens with zero attached hydrogens (tertiary/aromatic N) is 4. The maximum atomic E-state index is 12.5. The number of benzene rings is 1. The van der Waals surface area contributed by atoms with Gasteiger partial charge in [0.15, 0.2) is 5.65 Å². The number of rotatable bonds is 8. The van der Waals surface area contributed by atoms with Crippen LogP contribution in [0.4, 0.5) is 13.2 Å². The molecule has 5 heterocycles. The monoisotopic (exact) mass is 567 g/mol. The molecule has 0 saturated carbocycles. The number of carbonyl (C=O) groups is 1. The standard InChI is InChI=1S/C30H32F3N5O3/c31-30(32,33)41-23-5-3-22(4-6-23)40-19-21-2-1-13-37(16-17-39)29(21)38-14-9-20(10-15-38)24-7-11-34-26-18-36-28-25(27(24)26)8-12-35-28/h3-8,11-12,17-18,20-21,29,34H,1-2,9-10,13-16,19H2. The molecule has 0 amide bonds. The number of hydrogen-bond donors (Lipinski definition) is 1.